The predicted molar refractivity (Wildman–Crippen MR) is 94.0 cm³/mol. The standard InChI is InChI=1S/C18H16N2O3S/c1-12(17(21)19-20-18(22)16-7-4-10-24-16)23-15-9-8-13-5-2-3-6-14(13)11-15/h2-12H,1H3,(H,19,21)(H,20,22)/t12-/m1/s1. The van der Waals surface area contributed by atoms with E-state index in [9.17, 15) is 9.59 Å². The minimum absolute atomic E-state index is 0.351. The van der Waals surface area contributed by atoms with Gasteiger partial charge in [-0.15, -0.1) is 11.3 Å². The Morgan fingerprint density at radius 3 is 2.54 bits per heavy atom. The van der Waals surface area contributed by atoms with Crippen LogP contribution in [0.25, 0.3) is 10.8 Å². The molecule has 3 aromatic rings. The number of hydrazine groups is 1. The third-order valence-electron chi connectivity index (χ3n) is 3.45. The van der Waals surface area contributed by atoms with Gasteiger partial charge in [0.25, 0.3) is 11.8 Å². The largest absolute Gasteiger partial charge is 0.481 e. The second-order valence-corrected chi connectivity index (χ2v) is 6.14. The van der Waals surface area contributed by atoms with Crippen molar-refractivity contribution in [3.05, 3.63) is 64.9 Å². The molecule has 2 amide bonds. The van der Waals surface area contributed by atoms with Crippen molar-refractivity contribution in [1.29, 1.82) is 0 Å². The second-order valence-electron chi connectivity index (χ2n) is 5.19. The quantitative estimate of drug-likeness (QED) is 0.717. The van der Waals surface area contributed by atoms with Crippen LogP contribution in [0.3, 0.4) is 0 Å². The summed E-state index contributed by atoms with van der Waals surface area (Å²) >= 11 is 1.30. The van der Waals surface area contributed by atoms with Gasteiger partial charge < -0.3 is 4.74 Å². The van der Waals surface area contributed by atoms with E-state index in [1.54, 1.807) is 24.4 Å². The summed E-state index contributed by atoms with van der Waals surface area (Å²) in [5, 5.41) is 3.93. The smallest absolute Gasteiger partial charge is 0.279 e. The van der Waals surface area contributed by atoms with Gasteiger partial charge in [0.05, 0.1) is 4.88 Å². The summed E-state index contributed by atoms with van der Waals surface area (Å²) in [7, 11) is 0. The van der Waals surface area contributed by atoms with Crippen molar-refractivity contribution in [1.82, 2.24) is 10.9 Å². The Bertz CT molecular complexity index is 862. The van der Waals surface area contributed by atoms with Crippen LogP contribution in [0.2, 0.25) is 0 Å². The number of carbonyl (C=O) groups excluding carboxylic acids is 2. The molecule has 0 spiro atoms. The topological polar surface area (TPSA) is 67.4 Å². The zero-order valence-corrected chi connectivity index (χ0v) is 13.8. The molecule has 24 heavy (non-hydrogen) atoms. The number of fused-ring (bicyclic) bond motifs is 1. The molecule has 1 atom stereocenters. The highest BCUT2D eigenvalue weighted by molar-refractivity contribution is 7.12. The molecule has 2 aromatic carbocycles. The molecule has 0 unspecified atom stereocenters. The number of benzene rings is 2. The summed E-state index contributed by atoms with van der Waals surface area (Å²) in [5.74, 6) is -0.176. The molecule has 0 radical (unpaired) electrons. The summed E-state index contributed by atoms with van der Waals surface area (Å²) in [6.45, 7) is 1.63. The summed E-state index contributed by atoms with van der Waals surface area (Å²) in [5.41, 5.74) is 4.74. The molecule has 1 heterocycles. The lowest BCUT2D eigenvalue weighted by Crippen LogP contribution is -2.47. The van der Waals surface area contributed by atoms with Crippen molar-refractivity contribution in [2.24, 2.45) is 0 Å². The maximum atomic E-state index is 12.0. The zero-order chi connectivity index (χ0) is 16.9. The molecule has 2 N–H and O–H groups in total. The predicted octanol–water partition coefficient (Wildman–Crippen LogP) is 3.13. The molecule has 0 fully saturated rings. The van der Waals surface area contributed by atoms with Crippen LogP contribution < -0.4 is 15.6 Å². The first-order valence-corrected chi connectivity index (χ1v) is 8.30. The van der Waals surface area contributed by atoms with Crippen molar-refractivity contribution < 1.29 is 14.3 Å². The van der Waals surface area contributed by atoms with Gasteiger partial charge >= 0.3 is 0 Å². The molecule has 0 aliphatic carbocycles. The molecule has 0 aliphatic heterocycles. The highest BCUT2D eigenvalue weighted by Crippen LogP contribution is 2.21. The minimum Gasteiger partial charge on any atom is -0.481 e. The summed E-state index contributed by atoms with van der Waals surface area (Å²) in [4.78, 5) is 24.3. The molecule has 0 saturated carbocycles. The SMILES string of the molecule is C[C@@H](Oc1ccc2ccccc2c1)C(=O)NNC(=O)c1cccs1. The van der Waals surface area contributed by atoms with Crippen LogP contribution in [0.4, 0.5) is 0 Å². The number of carbonyl (C=O) groups is 2. The number of ether oxygens (including phenoxy) is 1. The molecule has 6 heteroatoms. The number of amides is 2. The Morgan fingerprint density at radius 2 is 1.79 bits per heavy atom. The molecular formula is C18H16N2O3S. The van der Waals surface area contributed by atoms with Crippen LogP contribution in [-0.4, -0.2) is 17.9 Å². The molecular weight excluding hydrogens is 324 g/mol. The third kappa shape index (κ3) is 3.72. The van der Waals surface area contributed by atoms with E-state index in [4.69, 9.17) is 4.74 Å². The number of thiophene rings is 1. The van der Waals surface area contributed by atoms with E-state index in [1.807, 2.05) is 42.5 Å². The van der Waals surface area contributed by atoms with E-state index in [0.717, 1.165) is 10.8 Å². The summed E-state index contributed by atoms with van der Waals surface area (Å²) < 4.78 is 5.65. The molecule has 0 bridgehead atoms. The lowest BCUT2D eigenvalue weighted by molar-refractivity contribution is -0.128. The normalized spacial score (nSPS) is 11.7. The van der Waals surface area contributed by atoms with E-state index < -0.39 is 12.0 Å². The lowest BCUT2D eigenvalue weighted by atomic mass is 10.1. The number of hydrogen-bond donors (Lipinski definition) is 2. The van der Waals surface area contributed by atoms with Crippen molar-refractivity contribution in [3.8, 4) is 5.75 Å². The van der Waals surface area contributed by atoms with Gasteiger partial charge in [0.1, 0.15) is 5.75 Å². The summed E-state index contributed by atoms with van der Waals surface area (Å²) in [6.07, 6.45) is -0.741. The monoisotopic (exact) mass is 340 g/mol. The number of nitrogens with one attached hydrogen (secondary N) is 2. The second kappa shape index (κ2) is 7.14. The van der Waals surface area contributed by atoms with Crippen LogP contribution >= 0.6 is 11.3 Å². The molecule has 0 saturated heterocycles. The molecule has 3 rings (SSSR count). The first-order chi connectivity index (χ1) is 11.6. The van der Waals surface area contributed by atoms with Gasteiger partial charge in [-0.25, -0.2) is 0 Å². The first-order valence-electron chi connectivity index (χ1n) is 7.42. The Morgan fingerprint density at radius 1 is 1.00 bits per heavy atom. The molecule has 5 nitrogen and oxygen atoms in total. The van der Waals surface area contributed by atoms with Gasteiger partial charge in [0.15, 0.2) is 6.10 Å². The van der Waals surface area contributed by atoms with Gasteiger partial charge in [0, 0.05) is 0 Å². The van der Waals surface area contributed by atoms with Crippen LogP contribution in [-0.2, 0) is 4.79 Å². The van der Waals surface area contributed by atoms with Gasteiger partial charge in [0.2, 0.25) is 0 Å². The maximum absolute atomic E-state index is 12.0. The van der Waals surface area contributed by atoms with E-state index in [1.165, 1.54) is 11.3 Å². The van der Waals surface area contributed by atoms with Crippen LogP contribution in [0.5, 0.6) is 5.75 Å². The molecule has 0 aliphatic rings. The van der Waals surface area contributed by atoms with Gasteiger partial charge in [-0.05, 0) is 41.3 Å². The average Bonchev–Trinajstić information content (AvgIpc) is 3.14. The molecule has 122 valence electrons. The fraction of sp³-hybridized carbons (Fsp3) is 0.111. The van der Waals surface area contributed by atoms with Crippen LogP contribution in [0, 0.1) is 0 Å². The fourth-order valence-corrected chi connectivity index (χ4v) is 2.81. The van der Waals surface area contributed by atoms with E-state index in [0.29, 0.717) is 10.6 Å². The number of rotatable bonds is 4. The van der Waals surface area contributed by atoms with Gasteiger partial charge in [-0.3, -0.25) is 20.4 Å². The highest BCUT2D eigenvalue weighted by Gasteiger charge is 2.16. The van der Waals surface area contributed by atoms with E-state index in [-0.39, 0.29) is 5.91 Å². The Labute approximate surface area is 143 Å². The van der Waals surface area contributed by atoms with Gasteiger partial charge in [-0.1, -0.05) is 36.4 Å². The number of hydrogen-bond acceptors (Lipinski definition) is 4. The summed E-state index contributed by atoms with van der Waals surface area (Å²) in [6, 6.07) is 17.0. The Kier molecular flexibility index (Phi) is 4.77. The Balaban J connectivity index is 1.57. The van der Waals surface area contributed by atoms with Crippen molar-refractivity contribution in [2.75, 3.05) is 0 Å². The third-order valence-corrected chi connectivity index (χ3v) is 4.32. The lowest BCUT2D eigenvalue weighted by Gasteiger charge is -2.15. The minimum atomic E-state index is -0.741. The average molecular weight is 340 g/mol. The van der Waals surface area contributed by atoms with Gasteiger partial charge in [-0.2, -0.15) is 0 Å². The van der Waals surface area contributed by atoms with Crippen molar-refractivity contribution in [2.45, 2.75) is 13.0 Å². The maximum Gasteiger partial charge on any atom is 0.279 e. The van der Waals surface area contributed by atoms with E-state index >= 15 is 0 Å². The first kappa shape index (κ1) is 16.0. The molecule has 1 aromatic heterocycles. The Hall–Kier alpha value is -2.86. The van der Waals surface area contributed by atoms with Crippen LogP contribution in [0.15, 0.2) is 60.0 Å². The van der Waals surface area contributed by atoms with Crippen molar-refractivity contribution >= 4 is 33.9 Å². The highest BCUT2D eigenvalue weighted by atomic mass is 32.1. The zero-order valence-electron chi connectivity index (χ0n) is 13.0. The van der Waals surface area contributed by atoms with E-state index in [2.05, 4.69) is 10.9 Å². The fourth-order valence-electron chi connectivity index (χ4n) is 2.19. The van der Waals surface area contributed by atoms with Crippen molar-refractivity contribution in [3.63, 3.8) is 0 Å². The van der Waals surface area contributed by atoms with Crippen LogP contribution in [0.1, 0.15) is 16.6 Å².